The average molecular weight is 368 g/mol. The molecular weight excluding hydrogens is 350 g/mol. The van der Waals surface area contributed by atoms with Gasteiger partial charge in [-0.05, 0) is 49.2 Å². The first-order valence-electron chi connectivity index (χ1n) is 8.24. The van der Waals surface area contributed by atoms with Gasteiger partial charge in [0.25, 0.3) is 11.5 Å². The van der Waals surface area contributed by atoms with Crippen LogP contribution in [0.15, 0.2) is 71.5 Å². The molecule has 3 aromatic rings. The van der Waals surface area contributed by atoms with E-state index >= 15 is 0 Å². The minimum absolute atomic E-state index is 0.0948. The molecule has 0 saturated carbocycles. The minimum atomic E-state index is -0.323. The van der Waals surface area contributed by atoms with E-state index in [1.165, 1.54) is 16.8 Å². The van der Waals surface area contributed by atoms with Crippen LogP contribution in [0.25, 0.3) is 5.69 Å². The van der Waals surface area contributed by atoms with Gasteiger partial charge >= 0.3 is 0 Å². The number of rotatable bonds is 5. The summed E-state index contributed by atoms with van der Waals surface area (Å²) in [6, 6.07) is 19.2. The highest BCUT2D eigenvalue weighted by Gasteiger charge is 2.13. The predicted octanol–water partition coefficient (Wildman–Crippen LogP) is 3.25. The summed E-state index contributed by atoms with van der Waals surface area (Å²) in [4.78, 5) is 24.5. The highest BCUT2D eigenvalue weighted by atomic mass is 35.5. The maximum absolute atomic E-state index is 12.5. The molecule has 1 amide bonds. The van der Waals surface area contributed by atoms with Crippen molar-refractivity contribution in [1.29, 1.82) is 0 Å². The van der Waals surface area contributed by atoms with E-state index in [9.17, 15) is 9.59 Å². The second kappa shape index (κ2) is 7.97. The van der Waals surface area contributed by atoms with Gasteiger partial charge in [0.05, 0.1) is 5.69 Å². The maximum Gasteiger partial charge on any atom is 0.271 e. The van der Waals surface area contributed by atoms with E-state index in [1.807, 2.05) is 49.4 Å². The number of hydrogen-bond donors (Lipinski definition) is 1. The van der Waals surface area contributed by atoms with E-state index < -0.39 is 0 Å². The first-order valence-corrected chi connectivity index (χ1v) is 8.62. The molecule has 5 nitrogen and oxygen atoms in total. The van der Waals surface area contributed by atoms with Crippen LogP contribution in [-0.2, 0) is 6.42 Å². The summed E-state index contributed by atoms with van der Waals surface area (Å²) in [5.41, 5.74) is 1.59. The topological polar surface area (TPSA) is 64.0 Å². The van der Waals surface area contributed by atoms with E-state index in [2.05, 4.69) is 10.4 Å². The summed E-state index contributed by atoms with van der Waals surface area (Å²) in [6.45, 7) is 1.92. The van der Waals surface area contributed by atoms with Gasteiger partial charge in [-0.3, -0.25) is 9.59 Å². The number of nitrogens with zero attached hydrogens (tertiary/aromatic N) is 2. The Morgan fingerprint density at radius 2 is 1.77 bits per heavy atom. The highest BCUT2D eigenvalue weighted by Crippen LogP contribution is 2.11. The first kappa shape index (κ1) is 17.9. The van der Waals surface area contributed by atoms with Crippen LogP contribution in [0.1, 0.15) is 23.0 Å². The van der Waals surface area contributed by atoms with E-state index in [-0.39, 0.29) is 23.2 Å². The fourth-order valence-corrected chi connectivity index (χ4v) is 2.74. The van der Waals surface area contributed by atoms with Crippen molar-refractivity contribution >= 4 is 17.5 Å². The number of carbonyl (C=O) groups excluding carboxylic acids is 1. The molecule has 1 unspecified atom stereocenters. The molecule has 1 aromatic heterocycles. The average Bonchev–Trinajstić information content (AvgIpc) is 2.64. The van der Waals surface area contributed by atoms with Crippen LogP contribution in [0.3, 0.4) is 0 Å². The fourth-order valence-electron chi connectivity index (χ4n) is 2.61. The van der Waals surface area contributed by atoms with Gasteiger partial charge in [-0.2, -0.15) is 9.78 Å². The van der Waals surface area contributed by atoms with Gasteiger partial charge in [0.2, 0.25) is 0 Å². The van der Waals surface area contributed by atoms with E-state index in [4.69, 9.17) is 11.6 Å². The SMILES string of the molecule is CC(Cc1ccc(Cl)cc1)NC(=O)c1ccc(=O)n(-c2ccccc2)n1. The third kappa shape index (κ3) is 4.37. The normalized spacial score (nSPS) is 11.8. The van der Waals surface area contributed by atoms with Crippen molar-refractivity contribution < 1.29 is 4.79 Å². The highest BCUT2D eigenvalue weighted by molar-refractivity contribution is 6.30. The van der Waals surface area contributed by atoms with Crippen molar-refractivity contribution in [2.24, 2.45) is 0 Å². The standard InChI is InChI=1S/C20H18ClN3O2/c1-14(13-15-7-9-16(21)10-8-15)22-20(26)18-11-12-19(25)24(23-18)17-5-3-2-4-6-17/h2-12,14H,13H2,1H3,(H,22,26). The van der Waals surface area contributed by atoms with Crippen LogP contribution >= 0.6 is 11.6 Å². The van der Waals surface area contributed by atoms with E-state index in [0.717, 1.165) is 5.56 Å². The lowest BCUT2D eigenvalue weighted by atomic mass is 10.1. The van der Waals surface area contributed by atoms with Gasteiger partial charge in [-0.15, -0.1) is 0 Å². The van der Waals surface area contributed by atoms with E-state index in [1.54, 1.807) is 12.1 Å². The molecule has 0 aliphatic heterocycles. The zero-order chi connectivity index (χ0) is 18.5. The Balaban J connectivity index is 1.73. The van der Waals surface area contributed by atoms with Crippen LogP contribution in [-0.4, -0.2) is 21.7 Å². The largest absolute Gasteiger partial charge is 0.348 e. The molecule has 1 atom stereocenters. The molecule has 132 valence electrons. The second-order valence-corrected chi connectivity index (χ2v) is 6.45. The number of aromatic nitrogens is 2. The van der Waals surface area contributed by atoms with Crippen molar-refractivity contribution in [3.63, 3.8) is 0 Å². The quantitative estimate of drug-likeness (QED) is 0.752. The Morgan fingerprint density at radius 1 is 1.08 bits per heavy atom. The molecule has 3 rings (SSSR count). The van der Waals surface area contributed by atoms with Crippen molar-refractivity contribution in [2.75, 3.05) is 0 Å². The molecule has 0 saturated heterocycles. The summed E-state index contributed by atoms with van der Waals surface area (Å²) < 4.78 is 1.22. The summed E-state index contributed by atoms with van der Waals surface area (Å²) in [5, 5.41) is 7.77. The molecule has 0 spiro atoms. The molecule has 0 aliphatic rings. The van der Waals surface area contributed by atoms with Crippen LogP contribution in [0.5, 0.6) is 0 Å². The lowest BCUT2D eigenvalue weighted by molar-refractivity contribution is 0.0933. The number of benzene rings is 2. The predicted molar refractivity (Wildman–Crippen MR) is 102 cm³/mol. The molecule has 0 radical (unpaired) electrons. The van der Waals surface area contributed by atoms with Crippen LogP contribution in [0.4, 0.5) is 0 Å². The first-order chi connectivity index (χ1) is 12.5. The van der Waals surface area contributed by atoms with Gasteiger partial charge in [-0.25, -0.2) is 0 Å². The van der Waals surface area contributed by atoms with Gasteiger partial charge in [0, 0.05) is 17.1 Å². The molecule has 1 heterocycles. The number of halogens is 1. The number of para-hydroxylation sites is 1. The van der Waals surface area contributed by atoms with Crippen LogP contribution < -0.4 is 10.9 Å². The number of nitrogens with one attached hydrogen (secondary N) is 1. The van der Waals surface area contributed by atoms with Gasteiger partial charge < -0.3 is 5.32 Å². The Bertz CT molecular complexity index is 953. The molecule has 0 aliphatic carbocycles. The van der Waals surface area contributed by atoms with Crippen molar-refractivity contribution in [2.45, 2.75) is 19.4 Å². The Labute approximate surface area is 156 Å². The van der Waals surface area contributed by atoms with Crippen molar-refractivity contribution in [3.8, 4) is 5.69 Å². The number of amides is 1. The molecular formula is C20H18ClN3O2. The lowest BCUT2D eigenvalue weighted by Gasteiger charge is -2.14. The Kier molecular flexibility index (Phi) is 5.49. The summed E-state index contributed by atoms with van der Waals surface area (Å²) in [5.74, 6) is -0.323. The zero-order valence-electron chi connectivity index (χ0n) is 14.2. The monoisotopic (exact) mass is 367 g/mol. The maximum atomic E-state index is 12.5. The second-order valence-electron chi connectivity index (χ2n) is 6.01. The number of carbonyl (C=O) groups is 1. The van der Waals surface area contributed by atoms with Gasteiger partial charge in [0.15, 0.2) is 0 Å². The molecule has 6 heteroatoms. The summed E-state index contributed by atoms with van der Waals surface area (Å²) >= 11 is 5.88. The van der Waals surface area contributed by atoms with Gasteiger partial charge in [-0.1, -0.05) is 41.9 Å². The molecule has 0 bridgehead atoms. The third-order valence-corrected chi connectivity index (χ3v) is 4.12. The number of hydrogen-bond acceptors (Lipinski definition) is 3. The fraction of sp³-hybridized carbons (Fsp3) is 0.150. The Hall–Kier alpha value is -2.92. The zero-order valence-corrected chi connectivity index (χ0v) is 15.0. The third-order valence-electron chi connectivity index (χ3n) is 3.87. The van der Waals surface area contributed by atoms with E-state index in [0.29, 0.717) is 17.1 Å². The smallest absolute Gasteiger partial charge is 0.271 e. The molecule has 2 aromatic carbocycles. The minimum Gasteiger partial charge on any atom is -0.348 e. The lowest BCUT2D eigenvalue weighted by Crippen LogP contribution is -2.36. The van der Waals surface area contributed by atoms with Crippen molar-refractivity contribution in [1.82, 2.24) is 15.1 Å². The Morgan fingerprint density at radius 3 is 2.46 bits per heavy atom. The summed E-state index contributed by atoms with van der Waals surface area (Å²) in [6.07, 6.45) is 0.668. The van der Waals surface area contributed by atoms with Crippen LogP contribution in [0, 0.1) is 0 Å². The molecule has 26 heavy (non-hydrogen) atoms. The van der Waals surface area contributed by atoms with Crippen molar-refractivity contribution in [3.05, 3.63) is 93.4 Å². The molecule has 1 N–H and O–H groups in total. The molecule has 0 fully saturated rings. The van der Waals surface area contributed by atoms with Gasteiger partial charge in [0.1, 0.15) is 5.69 Å². The van der Waals surface area contributed by atoms with Crippen LogP contribution in [0.2, 0.25) is 5.02 Å². The summed E-state index contributed by atoms with van der Waals surface area (Å²) in [7, 11) is 0.